The van der Waals surface area contributed by atoms with Crippen LogP contribution in [0.4, 0.5) is 4.39 Å². The molecule has 0 amide bonds. The molecule has 1 nitrogen and oxygen atoms in total. The van der Waals surface area contributed by atoms with Crippen LogP contribution in [0, 0.1) is 12.7 Å². The molecule has 0 atom stereocenters. The molecular weight excluding hydrogens is 191 g/mol. The Hall–Kier alpha value is -1.57. The van der Waals surface area contributed by atoms with Crippen molar-refractivity contribution in [2.24, 2.45) is 0 Å². The van der Waals surface area contributed by atoms with Crippen LogP contribution in [0.2, 0.25) is 0 Å². The van der Waals surface area contributed by atoms with Gasteiger partial charge in [-0.2, -0.15) is 0 Å². The van der Waals surface area contributed by atoms with E-state index in [1.807, 2.05) is 13.8 Å². The smallest absolute Gasteiger partial charge is 0.127 e. The van der Waals surface area contributed by atoms with Crippen LogP contribution in [0.25, 0.3) is 10.8 Å². The van der Waals surface area contributed by atoms with Crippen molar-refractivity contribution in [2.75, 3.05) is 0 Å². The maximum Gasteiger partial charge on any atom is 0.127 e. The highest BCUT2D eigenvalue weighted by Crippen LogP contribution is 2.29. The molecule has 2 aromatic rings. The van der Waals surface area contributed by atoms with Crippen LogP contribution in [0.3, 0.4) is 0 Å². The first kappa shape index (κ1) is 9.97. The van der Waals surface area contributed by atoms with Gasteiger partial charge in [-0.15, -0.1) is 0 Å². The third-order valence-corrected chi connectivity index (χ3v) is 2.85. The summed E-state index contributed by atoms with van der Waals surface area (Å²) in [6, 6.07) is 6.59. The zero-order valence-electron chi connectivity index (χ0n) is 8.84. The largest absolute Gasteiger partial charge is 0.508 e. The van der Waals surface area contributed by atoms with Crippen molar-refractivity contribution in [1.29, 1.82) is 0 Å². The number of phenolic OH excluding ortho intramolecular Hbond substituents is 1. The number of rotatable bonds is 1. The first-order valence-electron chi connectivity index (χ1n) is 5.04. The summed E-state index contributed by atoms with van der Waals surface area (Å²) >= 11 is 0. The Kier molecular flexibility index (Phi) is 2.35. The molecule has 2 heteroatoms. The van der Waals surface area contributed by atoms with Gasteiger partial charge in [0.1, 0.15) is 11.6 Å². The Morgan fingerprint density at radius 2 is 1.80 bits per heavy atom. The molecule has 0 heterocycles. The Morgan fingerprint density at radius 3 is 2.47 bits per heavy atom. The number of phenols is 1. The van der Waals surface area contributed by atoms with Gasteiger partial charge in [0.2, 0.25) is 0 Å². The van der Waals surface area contributed by atoms with Crippen LogP contribution in [0.15, 0.2) is 24.3 Å². The highest BCUT2D eigenvalue weighted by atomic mass is 19.1. The van der Waals surface area contributed by atoms with Crippen molar-refractivity contribution in [2.45, 2.75) is 20.3 Å². The first-order chi connectivity index (χ1) is 7.15. The average molecular weight is 204 g/mol. The molecule has 0 radical (unpaired) electrons. The second kappa shape index (κ2) is 3.54. The maximum atomic E-state index is 13.5. The van der Waals surface area contributed by atoms with Gasteiger partial charge >= 0.3 is 0 Å². The van der Waals surface area contributed by atoms with Crippen LogP contribution in [-0.2, 0) is 6.42 Å². The summed E-state index contributed by atoms with van der Waals surface area (Å²) < 4.78 is 13.5. The van der Waals surface area contributed by atoms with Gasteiger partial charge in [0, 0.05) is 0 Å². The summed E-state index contributed by atoms with van der Waals surface area (Å²) in [5.41, 5.74) is 1.53. The number of fused-ring (bicyclic) bond motifs is 1. The topological polar surface area (TPSA) is 20.2 Å². The Balaban J connectivity index is 2.89. The number of aromatic hydroxyl groups is 1. The van der Waals surface area contributed by atoms with Crippen molar-refractivity contribution >= 4 is 10.8 Å². The van der Waals surface area contributed by atoms with E-state index in [4.69, 9.17) is 0 Å². The normalized spacial score (nSPS) is 10.9. The second-order valence-electron chi connectivity index (χ2n) is 3.68. The van der Waals surface area contributed by atoms with Crippen molar-refractivity contribution in [3.8, 4) is 5.75 Å². The predicted octanol–water partition coefficient (Wildman–Crippen LogP) is 3.56. The van der Waals surface area contributed by atoms with E-state index in [2.05, 4.69) is 0 Å². The minimum Gasteiger partial charge on any atom is -0.508 e. The Bertz CT molecular complexity index is 517. The number of hydrogen-bond acceptors (Lipinski definition) is 1. The van der Waals surface area contributed by atoms with Crippen LogP contribution in [-0.4, -0.2) is 5.11 Å². The van der Waals surface area contributed by atoms with Crippen molar-refractivity contribution in [3.05, 3.63) is 41.2 Å². The van der Waals surface area contributed by atoms with Gasteiger partial charge in [-0.3, -0.25) is 0 Å². The zero-order chi connectivity index (χ0) is 11.0. The molecule has 15 heavy (non-hydrogen) atoms. The molecule has 78 valence electrons. The number of hydrogen-bond donors (Lipinski definition) is 1. The number of halogens is 1. The van der Waals surface area contributed by atoms with Crippen molar-refractivity contribution < 1.29 is 9.50 Å². The summed E-state index contributed by atoms with van der Waals surface area (Å²) in [6.07, 6.45) is 0.660. The third-order valence-electron chi connectivity index (χ3n) is 2.85. The average Bonchev–Trinajstić information content (AvgIpc) is 2.23. The van der Waals surface area contributed by atoms with E-state index in [0.29, 0.717) is 6.42 Å². The first-order valence-corrected chi connectivity index (χ1v) is 5.04. The molecule has 2 aromatic carbocycles. The van der Waals surface area contributed by atoms with E-state index in [1.54, 1.807) is 18.2 Å². The number of aryl methyl sites for hydroxylation is 2. The molecule has 0 aliphatic heterocycles. The van der Waals surface area contributed by atoms with E-state index in [0.717, 1.165) is 21.9 Å². The molecular formula is C13H13FO. The lowest BCUT2D eigenvalue weighted by Gasteiger charge is -2.09. The zero-order valence-corrected chi connectivity index (χ0v) is 8.84. The summed E-state index contributed by atoms with van der Waals surface area (Å²) in [5, 5.41) is 11.4. The predicted molar refractivity (Wildman–Crippen MR) is 59.7 cm³/mol. The minimum atomic E-state index is -0.171. The summed E-state index contributed by atoms with van der Waals surface area (Å²) in [6.45, 7) is 3.77. The molecule has 2 rings (SSSR count). The summed E-state index contributed by atoms with van der Waals surface area (Å²) in [7, 11) is 0. The fraction of sp³-hybridized carbons (Fsp3) is 0.231. The van der Waals surface area contributed by atoms with E-state index in [9.17, 15) is 9.50 Å². The molecule has 0 aliphatic rings. The molecule has 0 aliphatic carbocycles. The van der Waals surface area contributed by atoms with Crippen LogP contribution in [0.1, 0.15) is 18.1 Å². The lowest BCUT2D eigenvalue weighted by Crippen LogP contribution is -1.91. The second-order valence-corrected chi connectivity index (χ2v) is 3.68. The molecule has 0 bridgehead atoms. The van der Waals surface area contributed by atoms with Gasteiger partial charge in [-0.05, 0) is 47.4 Å². The molecule has 1 N–H and O–H groups in total. The summed E-state index contributed by atoms with van der Waals surface area (Å²) in [4.78, 5) is 0. The molecule has 0 aromatic heterocycles. The maximum absolute atomic E-state index is 13.5. The highest BCUT2D eigenvalue weighted by Gasteiger charge is 2.08. The number of benzene rings is 2. The fourth-order valence-corrected chi connectivity index (χ4v) is 1.94. The van der Waals surface area contributed by atoms with E-state index in [-0.39, 0.29) is 11.6 Å². The SMILES string of the molecule is CCc1c(F)ccc2c(C)c(O)ccc12. The van der Waals surface area contributed by atoms with E-state index >= 15 is 0 Å². The standard InChI is InChI=1S/C13H13FO/c1-3-9-11-5-7-13(15)8(2)10(11)4-6-12(9)14/h4-7,15H,3H2,1-2H3. The van der Waals surface area contributed by atoms with Gasteiger partial charge < -0.3 is 5.11 Å². The van der Waals surface area contributed by atoms with Gasteiger partial charge in [-0.25, -0.2) is 4.39 Å². The van der Waals surface area contributed by atoms with Gasteiger partial charge in [0.05, 0.1) is 0 Å². The Labute approximate surface area is 88.2 Å². The molecule has 0 unspecified atom stereocenters. The van der Waals surface area contributed by atoms with Gasteiger partial charge in [-0.1, -0.05) is 19.1 Å². The Morgan fingerprint density at radius 1 is 1.13 bits per heavy atom. The lowest BCUT2D eigenvalue weighted by atomic mass is 9.98. The van der Waals surface area contributed by atoms with E-state index < -0.39 is 0 Å². The molecule has 0 spiro atoms. The van der Waals surface area contributed by atoms with Gasteiger partial charge in [0.15, 0.2) is 0 Å². The molecule has 0 fully saturated rings. The van der Waals surface area contributed by atoms with Crippen LogP contribution >= 0.6 is 0 Å². The van der Waals surface area contributed by atoms with Crippen molar-refractivity contribution in [3.63, 3.8) is 0 Å². The third kappa shape index (κ3) is 1.46. The van der Waals surface area contributed by atoms with Crippen molar-refractivity contribution in [1.82, 2.24) is 0 Å². The molecule has 0 saturated heterocycles. The molecule has 0 saturated carbocycles. The minimum absolute atomic E-state index is 0.171. The monoisotopic (exact) mass is 204 g/mol. The fourth-order valence-electron chi connectivity index (χ4n) is 1.94. The highest BCUT2D eigenvalue weighted by molar-refractivity contribution is 5.90. The van der Waals surface area contributed by atoms with Crippen LogP contribution < -0.4 is 0 Å². The summed E-state index contributed by atoms with van der Waals surface area (Å²) in [5.74, 6) is 0.0891. The lowest BCUT2D eigenvalue weighted by molar-refractivity contribution is 0.472. The van der Waals surface area contributed by atoms with Gasteiger partial charge in [0.25, 0.3) is 0 Å². The van der Waals surface area contributed by atoms with Crippen LogP contribution in [0.5, 0.6) is 5.75 Å². The van der Waals surface area contributed by atoms with E-state index in [1.165, 1.54) is 6.07 Å². The quantitative estimate of drug-likeness (QED) is 0.753.